The zero-order valence-electron chi connectivity index (χ0n) is 12.0. The van der Waals surface area contributed by atoms with Crippen LogP contribution in [-0.4, -0.2) is 43.9 Å². The highest BCUT2D eigenvalue weighted by Gasteiger charge is 2.13. The van der Waals surface area contributed by atoms with E-state index in [4.69, 9.17) is 19.9 Å². The molecule has 0 aromatic heterocycles. The molecule has 0 spiro atoms. The van der Waals surface area contributed by atoms with Crippen molar-refractivity contribution >= 4 is 5.96 Å². The molecule has 6 nitrogen and oxygen atoms in total. The van der Waals surface area contributed by atoms with Crippen molar-refractivity contribution in [3.05, 3.63) is 18.2 Å². The van der Waals surface area contributed by atoms with Gasteiger partial charge < -0.3 is 24.8 Å². The van der Waals surface area contributed by atoms with E-state index in [9.17, 15) is 0 Å². The van der Waals surface area contributed by atoms with Gasteiger partial charge in [0.1, 0.15) is 12.4 Å². The van der Waals surface area contributed by atoms with Crippen molar-refractivity contribution in [1.82, 2.24) is 4.90 Å². The van der Waals surface area contributed by atoms with Crippen LogP contribution in [0.1, 0.15) is 13.8 Å². The minimum absolute atomic E-state index is 0.267. The van der Waals surface area contributed by atoms with Crippen LogP contribution in [0.4, 0.5) is 0 Å². The summed E-state index contributed by atoms with van der Waals surface area (Å²) in [5, 5.41) is 0. The minimum atomic E-state index is 0.267. The van der Waals surface area contributed by atoms with Crippen LogP contribution < -0.4 is 19.9 Å². The fourth-order valence-electron chi connectivity index (χ4n) is 1.94. The summed E-state index contributed by atoms with van der Waals surface area (Å²) in [5.74, 6) is 2.77. The molecule has 1 aromatic carbocycles. The summed E-state index contributed by atoms with van der Waals surface area (Å²) < 4.78 is 16.1. The van der Waals surface area contributed by atoms with Crippen LogP contribution in [-0.2, 0) is 0 Å². The van der Waals surface area contributed by atoms with Gasteiger partial charge in [-0.15, -0.1) is 0 Å². The highest BCUT2D eigenvalue weighted by Crippen LogP contribution is 2.34. The van der Waals surface area contributed by atoms with Crippen LogP contribution >= 0.6 is 0 Å². The zero-order chi connectivity index (χ0) is 14.4. The van der Waals surface area contributed by atoms with E-state index in [0.29, 0.717) is 24.9 Å². The monoisotopic (exact) mass is 279 g/mol. The van der Waals surface area contributed by atoms with Gasteiger partial charge in [-0.2, -0.15) is 0 Å². The molecule has 1 heterocycles. The first-order valence-corrected chi connectivity index (χ1v) is 6.82. The van der Waals surface area contributed by atoms with Crippen molar-refractivity contribution < 1.29 is 14.2 Å². The molecule has 0 unspecified atom stereocenters. The van der Waals surface area contributed by atoms with Crippen LogP contribution in [0.5, 0.6) is 17.2 Å². The molecular formula is C14H21N3O3. The summed E-state index contributed by atoms with van der Waals surface area (Å²) in [7, 11) is 0. The quantitative estimate of drug-likeness (QED) is 0.485. The van der Waals surface area contributed by atoms with Crippen molar-refractivity contribution in [3.8, 4) is 17.2 Å². The van der Waals surface area contributed by atoms with Gasteiger partial charge in [-0.05, 0) is 26.0 Å². The Balaban J connectivity index is 1.80. The molecule has 2 N–H and O–H groups in total. The van der Waals surface area contributed by atoms with Gasteiger partial charge in [0.2, 0.25) is 6.79 Å². The van der Waals surface area contributed by atoms with E-state index in [1.165, 1.54) is 0 Å². The molecule has 1 aliphatic rings. The van der Waals surface area contributed by atoms with Crippen molar-refractivity contribution in [2.75, 3.05) is 33.0 Å². The topological polar surface area (TPSA) is 69.3 Å². The molecule has 0 aliphatic carbocycles. The van der Waals surface area contributed by atoms with Crippen molar-refractivity contribution in [1.29, 1.82) is 0 Å². The number of hydrogen-bond acceptors (Lipinski definition) is 4. The lowest BCUT2D eigenvalue weighted by molar-refractivity contribution is 0.174. The van der Waals surface area contributed by atoms with E-state index < -0.39 is 0 Å². The number of nitrogens with zero attached hydrogens (tertiary/aromatic N) is 2. The summed E-state index contributed by atoms with van der Waals surface area (Å²) in [6.45, 7) is 7.08. The van der Waals surface area contributed by atoms with E-state index in [2.05, 4.69) is 18.8 Å². The first-order chi connectivity index (χ1) is 9.74. The van der Waals surface area contributed by atoms with Gasteiger partial charge in [-0.1, -0.05) is 0 Å². The maximum Gasteiger partial charge on any atom is 0.231 e. The first-order valence-electron chi connectivity index (χ1n) is 6.82. The number of benzene rings is 1. The molecule has 1 aromatic rings. The second-order valence-electron chi connectivity index (χ2n) is 4.28. The Labute approximate surface area is 119 Å². The lowest BCUT2D eigenvalue weighted by atomic mass is 10.3. The summed E-state index contributed by atoms with van der Waals surface area (Å²) in [5.41, 5.74) is 5.88. The van der Waals surface area contributed by atoms with Gasteiger partial charge in [-0.25, -0.2) is 4.99 Å². The second kappa shape index (κ2) is 6.88. The van der Waals surface area contributed by atoms with Crippen molar-refractivity contribution in [2.24, 2.45) is 10.7 Å². The van der Waals surface area contributed by atoms with Crippen LogP contribution in [0.3, 0.4) is 0 Å². The SMILES string of the molecule is CCN(CC)C(N)=NCCOc1ccc2c(c1)OCO2. The molecule has 0 bridgehead atoms. The third kappa shape index (κ3) is 3.46. The number of rotatable bonds is 6. The Morgan fingerprint density at radius 2 is 2.05 bits per heavy atom. The normalized spacial score (nSPS) is 13.4. The minimum Gasteiger partial charge on any atom is -0.492 e. The third-order valence-corrected chi connectivity index (χ3v) is 3.07. The smallest absolute Gasteiger partial charge is 0.231 e. The summed E-state index contributed by atoms with van der Waals surface area (Å²) >= 11 is 0. The number of aliphatic imine (C=N–C) groups is 1. The molecule has 0 fully saturated rings. The molecule has 0 saturated carbocycles. The van der Waals surface area contributed by atoms with E-state index in [-0.39, 0.29) is 6.79 Å². The Morgan fingerprint density at radius 3 is 2.80 bits per heavy atom. The van der Waals surface area contributed by atoms with E-state index >= 15 is 0 Å². The molecule has 20 heavy (non-hydrogen) atoms. The van der Waals surface area contributed by atoms with Crippen LogP contribution in [0.2, 0.25) is 0 Å². The molecule has 0 amide bonds. The maximum absolute atomic E-state index is 5.88. The average Bonchev–Trinajstić information content (AvgIpc) is 2.92. The average molecular weight is 279 g/mol. The molecule has 110 valence electrons. The zero-order valence-corrected chi connectivity index (χ0v) is 12.0. The van der Waals surface area contributed by atoms with Gasteiger partial charge in [0.25, 0.3) is 0 Å². The predicted octanol–water partition coefficient (Wildman–Crippen LogP) is 1.45. The lowest BCUT2D eigenvalue weighted by Crippen LogP contribution is -2.37. The molecule has 0 radical (unpaired) electrons. The standard InChI is InChI=1S/C14H21N3O3/c1-3-17(4-2)14(15)16-7-8-18-11-5-6-12-13(9-11)20-10-19-12/h5-6,9H,3-4,7-8,10H2,1-2H3,(H2,15,16). The third-order valence-electron chi connectivity index (χ3n) is 3.07. The Morgan fingerprint density at radius 1 is 1.30 bits per heavy atom. The Hall–Kier alpha value is -2.11. The van der Waals surface area contributed by atoms with Crippen molar-refractivity contribution in [3.63, 3.8) is 0 Å². The number of hydrogen-bond donors (Lipinski definition) is 1. The van der Waals surface area contributed by atoms with E-state index in [1.54, 1.807) is 0 Å². The van der Waals surface area contributed by atoms with Crippen LogP contribution in [0, 0.1) is 0 Å². The largest absolute Gasteiger partial charge is 0.492 e. The summed E-state index contributed by atoms with van der Waals surface area (Å²) in [6, 6.07) is 5.51. The van der Waals surface area contributed by atoms with Gasteiger partial charge in [0, 0.05) is 19.2 Å². The van der Waals surface area contributed by atoms with E-state index in [1.807, 2.05) is 23.1 Å². The second-order valence-corrected chi connectivity index (χ2v) is 4.28. The summed E-state index contributed by atoms with van der Waals surface area (Å²) in [6.07, 6.45) is 0. The van der Waals surface area contributed by atoms with Crippen molar-refractivity contribution in [2.45, 2.75) is 13.8 Å². The molecule has 0 saturated heterocycles. The fraction of sp³-hybridized carbons (Fsp3) is 0.500. The van der Waals surface area contributed by atoms with Crippen LogP contribution in [0.15, 0.2) is 23.2 Å². The van der Waals surface area contributed by atoms with Gasteiger partial charge >= 0.3 is 0 Å². The number of ether oxygens (including phenoxy) is 3. The van der Waals surface area contributed by atoms with E-state index in [0.717, 1.165) is 24.6 Å². The highest BCUT2D eigenvalue weighted by molar-refractivity contribution is 5.77. The van der Waals surface area contributed by atoms with Gasteiger partial charge in [0.15, 0.2) is 17.5 Å². The number of nitrogens with two attached hydrogens (primary N) is 1. The Kier molecular flexibility index (Phi) is 4.92. The fourth-order valence-corrected chi connectivity index (χ4v) is 1.94. The lowest BCUT2D eigenvalue weighted by Gasteiger charge is -2.19. The number of guanidine groups is 1. The molecular weight excluding hydrogens is 258 g/mol. The molecule has 1 aliphatic heterocycles. The molecule has 2 rings (SSSR count). The highest BCUT2D eigenvalue weighted by atomic mass is 16.7. The van der Waals surface area contributed by atoms with Crippen LogP contribution in [0.25, 0.3) is 0 Å². The first kappa shape index (κ1) is 14.3. The predicted molar refractivity (Wildman–Crippen MR) is 77.5 cm³/mol. The van der Waals surface area contributed by atoms with Gasteiger partial charge in [0.05, 0.1) is 6.54 Å². The summed E-state index contributed by atoms with van der Waals surface area (Å²) in [4.78, 5) is 6.29. The van der Waals surface area contributed by atoms with Gasteiger partial charge in [-0.3, -0.25) is 0 Å². The molecule has 6 heteroatoms. The Bertz CT molecular complexity index is 473. The maximum atomic E-state index is 5.88. The number of fused-ring (bicyclic) bond motifs is 1. The molecule has 0 atom stereocenters.